The number of benzene rings is 1. The Morgan fingerprint density at radius 2 is 2.05 bits per heavy atom. The highest BCUT2D eigenvalue weighted by Gasteiger charge is 2.21. The maximum atomic E-state index is 14.2. The molecule has 122 valence electrons. The number of rotatable bonds is 6. The van der Waals surface area contributed by atoms with Crippen LogP contribution in [0.15, 0.2) is 18.2 Å². The first-order valence-corrected chi connectivity index (χ1v) is 8.73. The van der Waals surface area contributed by atoms with Crippen LogP contribution in [-0.4, -0.2) is 44.2 Å². The second kappa shape index (κ2) is 7.42. The Morgan fingerprint density at radius 1 is 1.23 bits per heavy atom. The van der Waals surface area contributed by atoms with Crippen molar-refractivity contribution in [1.82, 2.24) is 10.2 Å². The molecule has 3 nitrogen and oxygen atoms in total. The zero-order valence-corrected chi connectivity index (χ0v) is 13.7. The number of nitrogens with zero attached hydrogens (tertiary/aromatic N) is 2. The third-order valence-electron chi connectivity index (χ3n) is 5.09. The van der Waals surface area contributed by atoms with Crippen LogP contribution in [0, 0.1) is 11.7 Å². The summed E-state index contributed by atoms with van der Waals surface area (Å²) in [6.07, 6.45) is 3.70. The molecule has 0 saturated carbocycles. The third kappa shape index (κ3) is 3.61. The number of nitrogens with one attached hydrogen (secondary N) is 1. The Hall–Kier alpha value is -1.13. The Bertz CT molecular complexity index is 485. The van der Waals surface area contributed by atoms with Crippen LogP contribution in [0.1, 0.15) is 31.7 Å². The second-order valence-corrected chi connectivity index (χ2v) is 6.61. The number of anilines is 1. The normalized spacial score (nSPS) is 22.6. The van der Waals surface area contributed by atoms with Crippen molar-refractivity contribution in [3.8, 4) is 0 Å². The van der Waals surface area contributed by atoms with Crippen molar-refractivity contribution in [2.45, 2.75) is 32.7 Å². The van der Waals surface area contributed by atoms with E-state index in [9.17, 15) is 4.39 Å². The maximum Gasteiger partial charge on any atom is 0.129 e. The van der Waals surface area contributed by atoms with E-state index in [-0.39, 0.29) is 5.82 Å². The van der Waals surface area contributed by atoms with Crippen LogP contribution < -0.4 is 10.2 Å². The molecule has 2 aliphatic rings. The smallest absolute Gasteiger partial charge is 0.129 e. The number of hydrogen-bond donors (Lipinski definition) is 1. The van der Waals surface area contributed by atoms with Gasteiger partial charge in [0.05, 0.1) is 0 Å². The SMILES string of the molecule is CCN1CCC(CNCc2c(F)cccc2N2CCCC2)C1. The van der Waals surface area contributed by atoms with E-state index in [0.29, 0.717) is 12.5 Å². The van der Waals surface area contributed by atoms with E-state index in [0.717, 1.165) is 37.4 Å². The van der Waals surface area contributed by atoms with Crippen molar-refractivity contribution in [2.75, 3.05) is 44.2 Å². The number of hydrogen-bond acceptors (Lipinski definition) is 3. The molecule has 0 spiro atoms. The van der Waals surface area contributed by atoms with Gasteiger partial charge in [0.25, 0.3) is 0 Å². The lowest BCUT2D eigenvalue weighted by Crippen LogP contribution is -2.27. The predicted molar refractivity (Wildman–Crippen MR) is 89.8 cm³/mol. The molecule has 2 saturated heterocycles. The summed E-state index contributed by atoms with van der Waals surface area (Å²) in [6, 6.07) is 5.49. The van der Waals surface area contributed by atoms with Crippen molar-refractivity contribution in [2.24, 2.45) is 5.92 Å². The van der Waals surface area contributed by atoms with Crippen LogP contribution in [0.25, 0.3) is 0 Å². The average Bonchev–Trinajstić information content (AvgIpc) is 3.20. The van der Waals surface area contributed by atoms with Crippen LogP contribution in [-0.2, 0) is 6.54 Å². The van der Waals surface area contributed by atoms with Gasteiger partial charge in [-0.05, 0) is 56.9 Å². The Labute approximate surface area is 133 Å². The summed E-state index contributed by atoms with van der Waals surface area (Å²) in [6.45, 7) is 9.50. The van der Waals surface area contributed by atoms with E-state index >= 15 is 0 Å². The minimum absolute atomic E-state index is 0.0708. The highest BCUT2D eigenvalue weighted by atomic mass is 19.1. The van der Waals surface area contributed by atoms with E-state index in [1.54, 1.807) is 6.07 Å². The van der Waals surface area contributed by atoms with Crippen molar-refractivity contribution < 1.29 is 4.39 Å². The molecule has 1 aromatic rings. The third-order valence-corrected chi connectivity index (χ3v) is 5.09. The summed E-state index contributed by atoms with van der Waals surface area (Å²) in [4.78, 5) is 4.82. The Morgan fingerprint density at radius 3 is 2.77 bits per heavy atom. The molecular weight excluding hydrogens is 277 g/mol. The molecule has 0 radical (unpaired) electrons. The summed E-state index contributed by atoms with van der Waals surface area (Å²) in [5.41, 5.74) is 1.93. The molecule has 4 heteroatoms. The lowest BCUT2D eigenvalue weighted by Gasteiger charge is -2.22. The van der Waals surface area contributed by atoms with Crippen molar-refractivity contribution in [3.63, 3.8) is 0 Å². The first kappa shape index (κ1) is 15.8. The summed E-state index contributed by atoms with van der Waals surface area (Å²) in [5.74, 6) is 0.639. The number of halogens is 1. The molecule has 1 atom stereocenters. The standard InChI is InChI=1S/C18H28FN3/c1-2-21-11-8-15(14-21)12-20-13-16-17(19)6-5-7-18(16)22-9-3-4-10-22/h5-7,15,20H,2-4,8-14H2,1H3. The van der Waals surface area contributed by atoms with Gasteiger partial charge < -0.3 is 15.1 Å². The first-order chi connectivity index (χ1) is 10.8. The van der Waals surface area contributed by atoms with E-state index in [4.69, 9.17) is 0 Å². The second-order valence-electron chi connectivity index (χ2n) is 6.61. The summed E-state index contributed by atoms with van der Waals surface area (Å²) < 4.78 is 14.2. The zero-order valence-electron chi connectivity index (χ0n) is 13.7. The van der Waals surface area contributed by atoms with Gasteiger partial charge in [-0.1, -0.05) is 13.0 Å². The highest BCUT2D eigenvalue weighted by Crippen LogP contribution is 2.26. The highest BCUT2D eigenvalue weighted by molar-refractivity contribution is 5.54. The van der Waals surface area contributed by atoms with Gasteiger partial charge in [0.1, 0.15) is 5.82 Å². The van der Waals surface area contributed by atoms with Gasteiger partial charge in [0.15, 0.2) is 0 Å². The van der Waals surface area contributed by atoms with Gasteiger partial charge in [0.2, 0.25) is 0 Å². The van der Waals surface area contributed by atoms with Crippen molar-refractivity contribution >= 4 is 5.69 Å². The van der Waals surface area contributed by atoms with Gasteiger partial charge >= 0.3 is 0 Å². The molecule has 0 aliphatic carbocycles. The molecule has 1 N–H and O–H groups in total. The maximum absolute atomic E-state index is 14.2. The molecule has 0 aromatic heterocycles. The average molecular weight is 305 g/mol. The quantitative estimate of drug-likeness (QED) is 0.872. The minimum Gasteiger partial charge on any atom is -0.371 e. The van der Waals surface area contributed by atoms with Gasteiger partial charge in [-0.2, -0.15) is 0 Å². The topological polar surface area (TPSA) is 18.5 Å². The number of likely N-dealkylation sites (tertiary alicyclic amines) is 1. The molecule has 0 amide bonds. The van der Waals surface area contributed by atoms with Crippen molar-refractivity contribution in [1.29, 1.82) is 0 Å². The summed E-state index contributed by atoms with van der Waals surface area (Å²) in [5, 5.41) is 3.50. The van der Waals surface area contributed by atoms with E-state index in [1.807, 2.05) is 6.07 Å². The van der Waals surface area contributed by atoms with Crippen LogP contribution in [0.5, 0.6) is 0 Å². The van der Waals surface area contributed by atoms with Crippen LogP contribution in [0.2, 0.25) is 0 Å². The molecule has 0 bridgehead atoms. The first-order valence-electron chi connectivity index (χ1n) is 8.73. The summed E-state index contributed by atoms with van der Waals surface area (Å²) in [7, 11) is 0. The minimum atomic E-state index is -0.0708. The summed E-state index contributed by atoms with van der Waals surface area (Å²) >= 11 is 0. The van der Waals surface area contributed by atoms with Crippen LogP contribution >= 0.6 is 0 Å². The van der Waals surface area contributed by atoms with E-state index in [1.165, 1.54) is 32.4 Å². The van der Waals surface area contributed by atoms with Gasteiger partial charge in [0, 0.05) is 37.4 Å². The van der Waals surface area contributed by atoms with Crippen molar-refractivity contribution in [3.05, 3.63) is 29.6 Å². The molecule has 1 unspecified atom stereocenters. The predicted octanol–water partition coefficient (Wildman–Crippen LogP) is 2.86. The van der Waals surface area contributed by atoms with Gasteiger partial charge in [-0.3, -0.25) is 0 Å². The van der Waals surface area contributed by atoms with E-state index < -0.39 is 0 Å². The van der Waals surface area contributed by atoms with Crippen LogP contribution in [0.3, 0.4) is 0 Å². The molecule has 2 heterocycles. The lowest BCUT2D eigenvalue weighted by molar-refractivity contribution is 0.338. The molecule has 3 rings (SSSR count). The molecule has 22 heavy (non-hydrogen) atoms. The fraction of sp³-hybridized carbons (Fsp3) is 0.667. The molecule has 2 aliphatic heterocycles. The lowest BCUT2D eigenvalue weighted by atomic mass is 10.1. The van der Waals surface area contributed by atoms with E-state index in [2.05, 4.69) is 28.1 Å². The van der Waals surface area contributed by atoms with Crippen LogP contribution in [0.4, 0.5) is 10.1 Å². The molecule has 1 aromatic carbocycles. The van der Waals surface area contributed by atoms with Gasteiger partial charge in [-0.15, -0.1) is 0 Å². The monoisotopic (exact) mass is 305 g/mol. The Kier molecular flexibility index (Phi) is 5.32. The van der Waals surface area contributed by atoms with Gasteiger partial charge in [-0.25, -0.2) is 4.39 Å². The molecule has 2 fully saturated rings. The Balaban J connectivity index is 1.57. The molecular formula is C18H28FN3. The fourth-order valence-electron chi connectivity index (χ4n) is 3.74. The zero-order chi connectivity index (χ0) is 15.4. The largest absolute Gasteiger partial charge is 0.371 e. The fourth-order valence-corrected chi connectivity index (χ4v) is 3.74.